The minimum absolute atomic E-state index is 0.268. The fourth-order valence-electron chi connectivity index (χ4n) is 2.39. The van der Waals surface area contributed by atoms with Crippen molar-refractivity contribution in [2.45, 2.75) is 19.4 Å². The molecule has 1 aliphatic heterocycles. The van der Waals surface area contributed by atoms with Crippen molar-refractivity contribution >= 4 is 0 Å². The molecule has 0 amide bonds. The number of hydrogen-bond donors (Lipinski definition) is 1. The van der Waals surface area contributed by atoms with Gasteiger partial charge in [-0.3, -0.25) is 4.98 Å². The summed E-state index contributed by atoms with van der Waals surface area (Å²) in [4.78, 5) is 8.79. The third-order valence-electron chi connectivity index (χ3n) is 3.35. The molecule has 0 aromatic carbocycles. The number of aliphatic hydroxyl groups excluding tert-OH is 1. The molecule has 2 aromatic heterocycles. The molecule has 1 N–H and O–H groups in total. The number of pyridine rings is 1. The Morgan fingerprint density at radius 3 is 3.06 bits per heavy atom. The van der Waals surface area contributed by atoms with E-state index in [1.165, 1.54) is 5.69 Å². The second-order valence-corrected chi connectivity index (χ2v) is 4.48. The molecule has 0 aliphatic carbocycles. The molecule has 1 aliphatic rings. The van der Waals surface area contributed by atoms with Gasteiger partial charge >= 0.3 is 0 Å². The van der Waals surface area contributed by atoms with E-state index < -0.39 is 0 Å². The highest BCUT2D eigenvalue weighted by Gasteiger charge is 2.21. The van der Waals surface area contributed by atoms with Crippen molar-refractivity contribution in [1.29, 1.82) is 0 Å². The summed E-state index contributed by atoms with van der Waals surface area (Å²) in [5.41, 5.74) is 2.12. The third kappa shape index (κ3) is 1.85. The second kappa shape index (κ2) is 4.30. The van der Waals surface area contributed by atoms with Gasteiger partial charge in [0.2, 0.25) is 0 Å². The fourth-order valence-corrected chi connectivity index (χ4v) is 2.39. The Kier molecular flexibility index (Phi) is 2.65. The molecule has 1 atom stereocenters. The standard InChI is InChI=1S/C13H15N3O/c17-9-10-4-6-16-11(7-10)8-15-13(16)12-3-1-2-5-14-12/h1-3,5,8,10,17H,4,6-7,9H2. The molecule has 0 saturated heterocycles. The lowest BCUT2D eigenvalue weighted by atomic mass is 9.97. The Morgan fingerprint density at radius 1 is 1.35 bits per heavy atom. The van der Waals surface area contributed by atoms with E-state index >= 15 is 0 Å². The lowest BCUT2D eigenvalue weighted by Gasteiger charge is -2.23. The van der Waals surface area contributed by atoms with Gasteiger partial charge in [0, 0.05) is 31.2 Å². The van der Waals surface area contributed by atoms with Crippen molar-refractivity contribution in [1.82, 2.24) is 14.5 Å². The minimum atomic E-state index is 0.268. The number of aromatic nitrogens is 3. The van der Waals surface area contributed by atoms with Gasteiger partial charge in [0.25, 0.3) is 0 Å². The first-order valence-corrected chi connectivity index (χ1v) is 5.95. The van der Waals surface area contributed by atoms with Crippen LogP contribution in [0.2, 0.25) is 0 Å². The van der Waals surface area contributed by atoms with Crippen molar-refractivity contribution in [3.63, 3.8) is 0 Å². The lowest BCUT2D eigenvalue weighted by Crippen LogP contribution is -2.21. The third-order valence-corrected chi connectivity index (χ3v) is 3.35. The van der Waals surface area contributed by atoms with Crippen LogP contribution in [0.25, 0.3) is 11.5 Å². The molecule has 2 aromatic rings. The van der Waals surface area contributed by atoms with Gasteiger partial charge in [0.15, 0.2) is 5.82 Å². The highest BCUT2D eigenvalue weighted by atomic mass is 16.3. The molecule has 88 valence electrons. The predicted octanol–water partition coefficient (Wildman–Crippen LogP) is 1.50. The molecule has 4 heteroatoms. The van der Waals surface area contributed by atoms with Crippen molar-refractivity contribution in [3.8, 4) is 11.5 Å². The summed E-state index contributed by atoms with van der Waals surface area (Å²) in [5.74, 6) is 1.33. The summed E-state index contributed by atoms with van der Waals surface area (Å²) in [6, 6.07) is 5.86. The monoisotopic (exact) mass is 229 g/mol. The average molecular weight is 229 g/mol. The van der Waals surface area contributed by atoms with Crippen LogP contribution in [0, 0.1) is 5.92 Å². The highest BCUT2D eigenvalue weighted by Crippen LogP contribution is 2.25. The van der Waals surface area contributed by atoms with E-state index in [2.05, 4.69) is 14.5 Å². The van der Waals surface area contributed by atoms with Crippen LogP contribution in [0.4, 0.5) is 0 Å². The zero-order chi connectivity index (χ0) is 11.7. The van der Waals surface area contributed by atoms with Gasteiger partial charge in [0.1, 0.15) is 5.69 Å². The zero-order valence-corrected chi connectivity index (χ0v) is 9.58. The van der Waals surface area contributed by atoms with Crippen LogP contribution in [-0.4, -0.2) is 26.2 Å². The van der Waals surface area contributed by atoms with Crippen molar-refractivity contribution in [2.24, 2.45) is 5.92 Å². The number of fused-ring (bicyclic) bond motifs is 1. The van der Waals surface area contributed by atoms with Crippen LogP contribution in [0.1, 0.15) is 12.1 Å². The summed E-state index contributed by atoms with van der Waals surface area (Å²) in [7, 11) is 0. The fraction of sp³-hybridized carbons (Fsp3) is 0.385. The van der Waals surface area contributed by atoms with Gasteiger partial charge in [-0.2, -0.15) is 0 Å². The Labute approximate surface area is 100.0 Å². The molecule has 3 rings (SSSR count). The lowest BCUT2D eigenvalue weighted by molar-refractivity contribution is 0.201. The van der Waals surface area contributed by atoms with Gasteiger partial charge in [-0.05, 0) is 30.9 Å². The molecule has 0 fully saturated rings. The summed E-state index contributed by atoms with van der Waals surface area (Å²) in [5, 5.41) is 9.20. The van der Waals surface area contributed by atoms with E-state index in [0.29, 0.717) is 5.92 Å². The summed E-state index contributed by atoms with van der Waals surface area (Å²) >= 11 is 0. The normalized spacial score (nSPS) is 19.0. The minimum Gasteiger partial charge on any atom is -0.396 e. The highest BCUT2D eigenvalue weighted by molar-refractivity contribution is 5.50. The topological polar surface area (TPSA) is 50.9 Å². The van der Waals surface area contributed by atoms with Gasteiger partial charge in [0.05, 0.1) is 0 Å². The van der Waals surface area contributed by atoms with E-state index in [9.17, 15) is 5.11 Å². The van der Waals surface area contributed by atoms with E-state index in [4.69, 9.17) is 0 Å². The summed E-state index contributed by atoms with van der Waals surface area (Å²) in [6.45, 7) is 1.19. The van der Waals surface area contributed by atoms with Crippen molar-refractivity contribution in [3.05, 3.63) is 36.3 Å². The van der Waals surface area contributed by atoms with Crippen LogP contribution in [-0.2, 0) is 13.0 Å². The smallest absolute Gasteiger partial charge is 0.158 e. The SMILES string of the molecule is OCC1CCn2c(cnc2-c2ccccn2)C1. The van der Waals surface area contributed by atoms with Crippen molar-refractivity contribution < 1.29 is 5.11 Å². The number of aliphatic hydroxyl groups is 1. The van der Waals surface area contributed by atoms with Crippen LogP contribution in [0.3, 0.4) is 0 Å². The molecular formula is C13H15N3O. The Bertz CT molecular complexity index is 507. The molecule has 1 unspecified atom stereocenters. The largest absolute Gasteiger partial charge is 0.396 e. The van der Waals surface area contributed by atoms with Crippen LogP contribution in [0.15, 0.2) is 30.6 Å². The van der Waals surface area contributed by atoms with Gasteiger partial charge in [-0.1, -0.05) is 6.07 Å². The maximum Gasteiger partial charge on any atom is 0.158 e. The average Bonchev–Trinajstić information content (AvgIpc) is 2.82. The molecule has 3 heterocycles. The first kappa shape index (κ1) is 10.5. The Hall–Kier alpha value is -1.68. The maximum absolute atomic E-state index is 9.20. The van der Waals surface area contributed by atoms with E-state index in [-0.39, 0.29) is 6.61 Å². The zero-order valence-electron chi connectivity index (χ0n) is 9.58. The second-order valence-electron chi connectivity index (χ2n) is 4.48. The Balaban J connectivity index is 1.97. The van der Waals surface area contributed by atoms with E-state index in [1.807, 2.05) is 24.4 Å². The number of hydrogen-bond acceptors (Lipinski definition) is 3. The first-order valence-electron chi connectivity index (χ1n) is 5.95. The maximum atomic E-state index is 9.20. The molecule has 0 bridgehead atoms. The summed E-state index contributed by atoms with van der Waals surface area (Å²) < 4.78 is 2.22. The van der Waals surface area contributed by atoms with Crippen LogP contribution in [0.5, 0.6) is 0 Å². The molecular weight excluding hydrogens is 214 g/mol. The molecule has 0 saturated carbocycles. The quantitative estimate of drug-likeness (QED) is 0.849. The number of rotatable bonds is 2. The van der Waals surface area contributed by atoms with Crippen LogP contribution < -0.4 is 0 Å². The molecule has 4 nitrogen and oxygen atoms in total. The van der Waals surface area contributed by atoms with Gasteiger partial charge in [-0.25, -0.2) is 4.98 Å². The summed E-state index contributed by atoms with van der Waals surface area (Å²) in [6.07, 6.45) is 5.62. The van der Waals surface area contributed by atoms with Gasteiger partial charge in [-0.15, -0.1) is 0 Å². The van der Waals surface area contributed by atoms with E-state index in [1.54, 1.807) is 6.20 Å². The molecule has 0 spiro atoms. The number of imidazole rings is 1. The van der Waals surface area contributed by atoms with Crippen molar-refractivity contribution in [2.75, 3.05) is 6.61 Å². The predicted molar refractivity (Wildman–Crippen MR) is 64.4 cm³/mol. The Morgan fingerprint density at radius 2 is 2.29 bits per heavy atom. The van der Waals surface area contributed by atoms with Crippen LogP contribution >= 0.6 is 0 Å². The molecule has 0 radical (unpaired) electrons. The number of nitrogens with zero attached hydrogens (tertiary/aromatic N) is 3. The first-order chi connectivity index (χ1) is 8.38. The molecule has 17 heavy (non-hydrogen) atoms. The van der Waals surface area contributed by atoms with Gasteiger partial charge < -0.3 is 9.67 Å². The van der Waals surface area contributed by atoms with E-state index in [0.717, 1.165) is 30.9 Å².